The highest BCUT2D eigenvalue weighted by atomic mass is 35.5. The average molecular weight is 331 g/mol. The normalized spacial score (nSPS) is 36.7. The van der Waals surface area contributed by atoms with Gasteiger partial charge in [0.05, 0.1) is 5.50 Å². The van der Waals surface area contributed by atoms with E-state index in [0.717, 1.165) is 25.2 Å². The van der Waals surface area contributed by atoms with E-state index in [1.54, 1.807) is 0 Å². The van der Waals surface area contributed by atoms with Crippen LogP contribution in [0.5, 0.6) is 0 Å². The largest absolute Gasteiger partial charge is 0.335 e. The molecule has 0 aromatic carbocycles. The first-order chi connectivity index (χ1) is 10.2. The molecule has 4 N–H and O–H groups in total. The molecule has 22 heavy (non-hydrogen) atoms. The molecule has 2 fully saturated rings. The van der Waals surface area contributed by atoms with Crippen molar-refractivity contribution in [3.63, 3.8) is 0 Å². The van der Waals surface area contributed by atoms with Gasteiger partial charge in [-0.15, -0.1) is 11.6 Å². The highest BCUT2D eigenvalue weighted by molar-refractivity contribution is 6.20. The van der Waals surface area contributed by atoms with E-state index in [-0.39, 0.29) is 29.9 Å². The van der Waals surface area contributed by atoms with E-state index in [2.05, 4.69) is 49.0 Å². The molecule has 128 valence electrons. The van der Waals surface area contributed by atoms with Crippen LogP contribution >= 0.6 is 11.6 Å². The lowest BCUT2D eigenvalue weighted by Crippen LogP contribution is -2.65. The summed E-state index contributed by atoms with van der Waals surface area (Å²) >= 11 is 6.12. The fourth-order valence-corrected chi connectivity index (χ4v) is 3.90. The topological polar surface area (TPSA) is 65.2 Å². The van der Waals surface area contributed by atoms with Crippen molar-refractivity contribution in [2.24, 2.45) is 11.3 Å². The highest BCUT2D eigenvalue weighted by Crippen LogP contribution is 2.37. The van der Waals surface area contributed by atoms with Gasteiger partial charge in [0.25, 0.3) is 0 Å². The summed E-state index contributed by atoms with van der Waals surface area (Å²) in [4.78, 5) is 12.1. The molecule has 5 nitrogen and oxygen atoms in total. The third kappa shape index (κ3) is 5.28. The lowest BCUT2D eigenvalue weighted by molar-refractivity contribution is 0.158. The molecule has 0 bridgehead atoms. The van der Waals surface area contributed by atoms with Crippen molar-refractivity contribution in [1.82, 2.24) is 21.3 Å². The zero-order chi connectivity index (χ0) is 16.3. The first-order valence-corrected chi connectivity index (χ1v) is 8.91. The monoisotopic (exact) mass is 330 g/mol. The van der Waals surface area contributed by atoms with Crippen LogP contribution in [0.2, 0.25) is 0 Å². The second kappa shape index (κ2) is 7.37. The minimum absolute atomic E-state index is 0.108. The summed E-state index contributed by atoms with van der Waals surface area (Å²) < 4.78 is 0. The minimum Gasteiger partial charge on any atom is -0.335 e. The van der Waals surface area contributed by atoms with Gasteiger partial charge in [-0.1, -0.05) is 20.8 Å². The summed E-state index contributed by atoms with van der Waals surface area (Å²) in [6.45, 7) is 8.99. The van der Waals surface area contributed by atoms with E-state index in [1.165, 1.54) is 12.8 Å². The maximum atomic E-state index is 12.1. The van der Waals surface area contributed by atoms with Crippen LogP contribution < -0.4 is 21.3 Å². The third-order valence-corrected chi connectivity index (χ3v) is 5.23. The number of carbonyl (C=O) groups is 1. The fraction of sp³-hybridized carbons (Fsp3) is 0.938. The Hall–Kier alpha value is -0.520. The molecule has 3 unspecified atom stereocenters. The molecule has 2 aliphatic rings. The Morgan fingerprint density at radius 2 is 1.73 bits per heavy atom. The number of urea groups is 1. The van der Waals surface area contributed by atoms with Crippen LogP contribution in [0.3, 0.4) is 0 Å². The van der Waals surface area contributed by atoms with Gasteiger partial charge in [0.1, 0.15) is 6.29 Å². The van der Waals surface area contributed by atoms with Crippen molar-refractivity contribution >= 4 is 17.6 Å². The number of carbonyl (C=O) groups excluding carboxylic acids is 1. The maximum absolute atomic E-state index is 12.1. The lowest BCUT2D eigenvalue weighted by Gasteiger charge is -2.37. The van der Waals surface area contributed by atoms with Gasteiger partial charge in [0.15, 0.2) is 0 Å². The number of rotatable bonds is 2. The van der Waals surface area contributed by atoms with Crippen LogP contribution in [0.15, 0.2) is 0 Å². The molecule has 0 spiro atoms. The van der Waals surface area contributed by atoms with Crippen molar-refractivity contribution < 1.29 is 4.79 Å². The maximum Gasteiger partial charge on any atom is 0.317 e. The SMILES string of the molecule is CC1CC(Cl)NC(NC(=O)NC2CCC(C(C)(C)C)CC2)N1. The number of halogens is 1. The molecule has 3 atom stereocenters. The van der Waals surface area contributed by atoms with Crippen LogP contribution in [-0.2, 0) is 0 Å². The Kier molecular flexibility index (Phi) is 5.97. The molecule has 6 heteroatoms. The smallest absolute Gasteiger partial charge is 0.317 e. The van der Waals surface area contributed by atoms with Gasteiger partial charge in [-0.25, -0.2) is 4.79 Å². The number of hydrogen-bond acceptors (Lipinski definition) is 3. The van der Waals surface area contributed by atoms with Crippen molar-refractivity contribution in [2.45, 2.75) is 83.7 Å². The average Bonchev–Trinajstić information content (AvgIpc) is 2.36. The number of amides is 2. The second-order valence-electron chi connectivity index (χ2n) is 7.90. The van der Waals surface area contributed by atoms with Gasteiger partial charge in [-0.05, 0) is 50.4 Å². The van der Waals surface area contributed by atoms with E-state index in [9.17, 15) is 4.79 Å². The fourth-order valence-electron chi connectivity index (χ4n) is 3.51. The molecule has 2 amide bonds. The van der Waals surface area contributed by atoms with Gasteiger partial charge in [0, 0.05) is 12.1 Å². The Morgan fingerprint density at radius 3 is 2.27 bits per heavy atom. The number of alkyl halides is 1. The molecule has 0 aromatic rings. The van der Waals surface area contributed by atoms with Crippen LogP contribution in [0.4, 0.5) is 4.79 Å². The van der Waals surface area contributed by atoms with Gasteiger partial charge < -0.3 is 10.6 Å². The van der Waals surface area contributed by atoms with E-state index in [0.29, 0.717) is 5.41 Å². The van der Waals surface area contributed by atoms with E-state index < -0.39 is 0 Å². The summed E-state index contributed by atoms with van der Waals surface area (Å²) in [5.41, 5.74) is 0.262. The van der Waals surface area contributed by atoms with Crippen molar-refractivity contribution in [1.29, 1.82) is 0 Å². The Balaban J connectivity index is 1.72. The molecule has 2 rings (SSSR count). The Morgan fingerprint density at radius 1 is 1.09 bits per heavy atom. The van der Waals surface area contributed by atoms with Crippen LogP contribution in [0, 0.1) is 11.3 Å². The Bertz CT molecular complexity index is 367. The molecule has 0 radical (unpaired) electrons. The van der Waals surface area contributed by atoms with Gasteiger partial charge in [-0.2, -0.15) is 0 Å². The standard InChI is InChI=1S/C16H31ClN4O/c1-10-9-13(17)20-14(18-10)21-15(22)19-12-7-5-11(6-8-12)16(2,3)4/h10-14,18,20H,5-9H2,1-4H3,(H2,19,21,22). The van der Waals surface area contributed by atoms with Crippen molar-refractivity contribution in [2.75, 3.05) is 0 Å². The predicted octanol–water partition coefficient (Wildman–Crippen LogP) is 2.71. The van der Waals surface area contributed by atoms with Crippen LogP contribution in [0.1, 0.15) is 59.8 Å². The van der Waals surface area contributed by atoms with Gasteiger partial charge in [0.2, 0.25) is 0 Å². The summed E-state index contributed by atoms with van der Waals surface area (Å²) in [6.07, 6.45) is 5.09. The summed E-state index contributed by atoms with van der Waals surface area (Å²) in [7, 11) is 0. The molecule has 1 saturated heterocycles. The van der Waals surface area contributed by atoms with Gasteiger partial charge in [-0.3, -0.25) is 10.6 Å². The molecule has 1 saturated carbocycles. The minimum atomic E-state index is -0.267. The Labute approximate surface area is 139 Å². The zero-order valence-electron chi connectivity index (χ0n) is 14.2. The van der Waals surface area contributed by atoms with Gasteiger partial charge >= 0.3 is 6.03 Å². The van der Waals surface area contributed by atoms with E-state index in [4.69, 9.17) is 11.6 Å². The molecule has 0 aromatic heterocycles. The first kappa shape index (κ1) is 17.8. The molecular weight excluding hydrogens is 300 g/mol. The molecule has 1 heterocycles. The highest BCUT2D eigenvalue weighted by Gasteiger charge is 2.31. The summed E-state index contributed by atoms with van der Waals surface area (Å²) in [5.74, 6) is 0.758. The molecule has 1 aliphatic carbocycles. The van der Waals surface area contributed by atoms with Crippen LogP contribution in [-0.4, -0.2) is 29.9 Å². The third-order valence-electron chi connectivity index (χ3n) is 4.92. The predicted molar refractivity (Wildman–Crippen MR) is 90.6 cm³/mol. The zero-order valence-corrected chi connectivity index (χ0v) is 15.0. The lowest BCUT2D eigenvalue weighted by atomic mass is 9.71. The molecular formula is C16H31ClN4O. The summed E-state index contributed by atoms with van der Waals surface area (Å²) in [5, 5.41) is 12.4. The van der Waals surface area contributed by atoms with E-state index >= 15 is 0 Å². The van der Waals surface area contributed by atoms with Crippen molar-refractivity contribution in [3.05, 3.63) is 0 Å². The summed E-state index contributed by atoms with van der Waals surface area (Å²) in [6, 6.07) is 0.449. The number of hydrogen-bond donors (Lipinski definition) is 4. The van der Waals surface area contributed by atoms with Crippen LogP contribution in [0.25, 0.3) is 0 Å². The second-order valence-corrected chi connectivity index (χ2v) is 8.43. The van der Waals surface area contributed by atoms with Crippen molar-refractivity contribution in [3.8, 4) is 0 Å². The molecule has 1 aliphatic heterocycles. The number of nitrogens with one attached hydrogen (secondary N) is 4. The quantitative estimate of drug-likeness (QED) is 0.465. The van der Waals surface area contributed by atoms with E-state index in [1.807, 2.05) is 0 Å². The first-order valence-electron chi connectivity index (χ1n) is 8.47.